The first-order chi connectivity index (χ1) is 4.35. The third kappa shape index (κ3) is 6.67. The summed E-state index contributed by atoms with van der Waals surface area (Å²) in [6.45, 7) is 8.71. The Bertz CT molecular complexity index is 53.2. The summed E-state index contributed by atoms with van der Waals surface area (Å²) in [7, 11) is 0. The standard InChI is InChI=1S/C8H18N.Li/c1-4-7-9-8(5-2)6-3;/h7-9H,4-6H2,1-3H3;/q-1;+1. The molecule has 2 heteroatoms. The Labute approximate surface area is 77.1 Å². The molecule has 10 heavy (non-hydrogen) atoms. The summed E-state index contributed by atoms with van der Waals surface area (Å²) in [5.74, 6) is 0. The Hall–Kier alpha value is 0.557. The molecule has 0 aromatic heterocycles. The van der Waals surface area contributed by atoms with Crippen LogP contribution in [0, 0.1) is 6.54 Å². The maximum absolute atomic E-state index is 3.34. The van der Waals surface area contributed by atoms with Gasteiger partial charge in [-0.05, 0) is 18.9 Å². The van der Waals surface area contributed by atoms with Crippen molar-refractivity contribution in [2.45, 2.75) is 46.1 Å². The molecule has 0 saturated carbocycles. The van der Waals surface area contributed by atoms with Gasteiger partial charge in [0.15, 0.2) is 0 Å². The van der Waals surface area contributed by atoms with Gasteiger partial charge in [-0.15, -0.1) is 0 Å². The van der Waals surface area contributed by atoms with Gasteiger partial charge in [-0.25, -0.2) is 0 Å². The van der Waals surface area contributed by atoms with E-state index in [-0.39, 0.29) is 18.9 Å². The molecule has 0 unspecified atom stereocenters. The number of rotatable bonds is 5. The van der Waals surface area contributed by atoms with E-state index in [0.29, 0.717) is 6.04 Å². The van der Waals surface area contributed by atoms with E-state index in [2.05, 4.69) is 32.6 Å². The quantitative estimate of drug-likeness (QED) is 0.390. The molecular weight excluding hydrogens is 117 g/mol. The monoisotopic (exact) mass is 135 g/mol. The van der Waals surface area contributed by atoms with Crippen LogP contribution in [0.1, 0.15) is 40.0 Å². The molecule has 0 aromatic rings. The molecule has 0 aliphatic rings. The molecule has 0 aromatic carbocycles. The molecule has 0 bridgehead atoms. The van der Waals surface area contributed by atoms with Crippen LogP contribution < -0.4 is 24.2 Å². The van der Waals surface area contributed by atoms with Gasteiger partial charge in [0.05, 0.1) is 0 Å². The minimum absolute atomic E-state index is 0. The topological polar surface area (TPSA) is 12.0 Å². The number of hydrogen-bond acceptors (Lipinski definition) is 1. The normalized spacial score (nSPS) is 9.60. The average molecular weight is 135 g/mol. The Kier molecular flexibility index (Phi) is 12.6. The number of hydrogen-bond donors (Lipinski definition) is 1. The predicted octanol–water partition coefficient (Wildman–Crippen LogP) is -0.660. The summed E-state index contributed by atoms with van der Waals surface area (Å²) in [5, 5.41) is 3.34. The molecular formula is C8H18LiN. The fourth-order valence-electron chi connectivity index (χ4n) is 0.809. The molecule has 0 fully saturated rings. The van der Waals surface area contributed by atoms with Gasteiger partial charge in [-0.2, -0.15) is 6.42 Å². The molecule has 0 atom stereocenters. The summed E-state index contributed by atoms with van der Waals surface area (Å²) < 4.78 is 0. The van der Waals surface area contributed by atoms with Crippen molar-refractivity contribution in [3.8, 4) is 0 Å². The first-order valence-electron chi connectivity index (χ1n) is 3.92. The van der Waals surface area contributed by atoms with Gasteiger partial charge in [0, 0.05) is 0 Å². The van der Waals surface area contributed by atoms with Gasteiger partial charge in [0.1, 0.15) is 0 Å². The Morgan fingerprint density at radius 1 is 1.20 bits per heavy atom. The fourth-order valence-corrected chi connectivity index (χ4v) is 0.809. The predicted molar refractivity (Wildman–Crippen MR) is 42.1 cm³/mol. The molecule has 0 saturated heterocycles. The van der Waals surface area contributed by atoms with Crippen molar-refractivity contribution in [1.82, 2.24) is 5.32 Å². The van der Waals surface area contributed by atoms with Crippen molar-refractivity contribution in [1.29, 1.82) is 0 Å². The fraction of sp³-hybridized carbons (Fsp3) is 0.875. The maximum Gasteiger partial charge on any atom is 1.00 e. The van der Waals surface area contributed by atoms with E-state index in [1.54, 1.807) is 0 Å². The van der Waals surface area contributed by atoms with Gasteiger partial charge < -0.3 is 5.32 Å². The Balaban J connectivity index is 0. The van der Waals surface area contributed by atoms with Gasteiger partial charge in [-0.1, -0.05) is 20.8 Å². The van der Waals surface area contributed by atoms with Crippen molar-refractivity contribution < 1.29 is 18.9 Å². The van der Waals surface area contributed by atoms with Crippen LogP contribution in [0.5, 0.6) is 0 Å². The average Bonchev–Trinajstić information content (AvgIpc) is 1.91. The van der Waals surface area contributed by atoms with Gasteiger partial charge in [0.25, 0.3) is 0 Å². The van der Waals surface area contributed by atoms with E-state index in [4.69, 9.17) is 0 Å². The zero-order valence-electron chi connectivity index (χ0n) is 7.78. The molecule has 0 aliphatic carbocycles. The first-order valence-corrected chi connectivity index (χ1v) is 3.92. The summed E-state index contributed by atoms with van der Waals surface area (Å²) >= 11 is 0. The van der Waals surface area contributed by atoms with Crippen LogP contribution in [-0.2, 0) is 0 Å². The minimum Gasteiger partial charge on any atom is -0.467 e. The van der Waals surface area contributed by atoms with Crippen molar-refractivity contribution in [2.24, 2.45) is 0 Å². The van der Waals surface area contributed by atoms with Crippen LogP contribution in [0.4, 0.5) is 0 Å². The third-order valence-electron chi connectivity index (χ3n) is 1.54. The van der Waals surface area contributed by atoms with E-state index in [1.807, 2.05) is 0 Å². The van der Waals surface area contributed by atoms with Gasteiger partial charge >= 0.3 is 18.9 Å². The molecule has 0 radical (unpaired) electrons. The summed E-state index contributed by atoms with van der Waals surface area (Å²) in [6, 6.07) is 0.699. The second-order valence-electron chi connectivity index (χ2n) is 2.29. The Morgan fingerprint density at radius 2 is 1.70 bits per heavy atom. The zero-order valence-corrected chi connectivity index (χ0v) is 7.78. The Morgan fingerprint density at radius 3 is 2.00 bits per heavy atom. The van der Waals surface area contributed by atoms with Crippen molar-refractivity contribution in [3.63, 3.8) is 0 Å². The second-order valence-corrected chi connectivity index (χ2v) is 2.29. The minimum atomic E-state index is 0. The maximum atomic E-state index is 3.34. The molecule has 56 valence electrons. The van der Waals surface area contributed by atoms with E-state index >= 15 is 0 Å². The largest absolute Gasteiger partial charge is 1.00 e. The first kappa shape index (κ1) is 13.2. The van der Waals surface area contributed by atoms with Crippen molar-refractivity contribution >= 4 is 0 Å². The molecule has 0 spiro atoms. The van der Waals surface area contributed by atoms with E-state index in [1.165, 1.54) is 12.8 Å². The SMILES string of the molecule is CC[CH-]NC(CC)CC.[Li+]. The molecule has 0 aliphatic heterocycles. The molecule has 0 amide bonds. The van der Waals surface area contributed by atoms with Crippen LogP contribution in [-0.4, -0.2) is 6.04 Å². The number of nitrogens with one attached hydrogen (secondary N) is 1. The molecule has 1 nitrogen and oxygen atoms in total. The van der Waals surface area contributed by atoms with E-state index in [0.717, 1.165) is 6.42 Å². The summed E-state index contributed by atoms with van der Waals surface area (Å²) in [4.78, 5) is 0. The zero-order chi connectivity index (χ0) is 7.11. The van der Waals surface area contributed by atoms with E-state index < -0.39 is 0 Å². The molecule has 0 rings (SSSR count). The second kappa shape index (κ2) is 9.56. The van der Waals surface area contributed by atoms with E-state index in [9.17, 15) is 0 Å². The van der Waals surface area contributed by atoms with Crippen LogP contribution in [0.3, 0.4) is 0 Å². The van der Waals surface area contributed by atoms with Crippen molar-refractivity contribution in [2.75, 3.05) is 0 Å². The van der Waals surface area contributed by atoms with Gasteiger partial charge in [0.2, 0.25) is 0 Å². The van der Waals surface area contributed by atoms with Crippen LogP contribution in [0.15, 0.2) is 0 Å². The van der Waals surface area contributed by atoms with Crippen LogP contribution in [0.25, 0.3) is 0 Å². The summed E-state index contributed by atoms with van der Waals surface area (Å²) in [6.07, 6.45) is 3.58. The van der Waals surface area contributed by atoms with Crippen LogP contribution >= 0.6 is 0 Å². The van der Waals surface area contributed by atoms with Crippen molar-refractivity contribution in [3.05, 3.63) is 6.54 Å². The smallest absolute Gasteiger partial charge is 0.467 e. The summed E-state index contributed by atoms with van der Waals surface area (Å²) in [5.41, 5.74) is 0. The third-order valence-corrected chi connectivity index (χ3v) is 1.54. The molecule has 0 heterocycles. The van der Waals surface area contributed by atoms with Crippen LogP contribution in [0.2, 0.25) is 0 Å². The van der Waals surface area contributed by atoms with Gasteiger partial charge in [-0.3, -0.25) is 6.54 Å². The molecule has 1 N–H and O–H groups in total.